The van der Waals surface area contributed by atoms with Gasteiger partial charge >= 0.3 is 12.2 Å². The Bertz CT molecular complexity index is 2830. The van der Waals surface area contributed by atoms with E-state index >= 15 is 0 Å². The van der Waals surface area contributed by atoms with E-state index in [0.717, 1.165) is 86.9 Å². The fraction of sp³-hybridized carbons (Fsp3) is 0.464. The highest BCUT2D eigenvalue weighted by Crippen LogP contribution is 2.45. The summed E-state index contributed by atoms with van der Waals surface area (Å²) in [4.78, 5) is 71.4. The number of aromatic nitrogens is 2. The van der Waals surface area contributed by atoms with Crippen LogP contribution >= 0.6 is 67.9 Å². The number of nitrogens with zero attached hydrogens (tertiary/aromatic N) is 4. The van der Waals surface area contributed by atoms with E-state index in [1.807, 2.05) is 116 Å². The second-order valence-electron chi connectivity index (χ2n) is 21.1. The number of cyclic esters (lactones) is 2. The number of amides is 4. The molecule has 0 bridgehead atoms. The first-order valence-corrected chi connectivity index (χ1v) is 28.7. The van der Waals surface area contributed by atoms with Gasteiger partial charge in [0.25, 0.3) is 11.8 Å². The van der Waals surface area contributed by atoms with E-state index < -0.39 is 35.6 Å². The second-order valence-corrected chi connectivity index (χ2v) is 25.4. The number of benzene rings is 2. The zero-order valence-electron chi connectivity index (χ0n) is 42.2. The minimum absolute atomic E-state index is 0.174. The number of rotatable bonds is 10. The van der Waals surface area contributed by atoms with E-state index in [4.69, 9.17) is 28.9 Å². The van der Waals surface area contributed by atoms with E-state index in [1.54, 1.807) is 22.7 Å². The first-order chi connectivity index (χ1) is 34.3. The standard InChI is InChI=1S/2C28H31IN2O4S/c2*1-16-21(23(29)22-19-12-8-9-13-20(19)36-25(22)30-16)24(35-28(2,3)4)26(32)31-18(15-34-27(31)33)14-17-10-6-5-7-11-17/h2*5-7,10-11,18,24H,8-9,12-15H2,1-4H3/t18-,24+;18-,24-/m11/s1. The molecule has 6 heterocycles. The third kappa shape index (κ3) is 11.1. The van der Waals surface area contributed by atoms with Gasteiger partial charge in [-0.1, -0.05) is 60.7 Å². The summed E-state index contributed by atoms with van der Waals surface area (Å²) >= 11 is 8.26. The average Bonchev–Trinajstić information content (AvgIpc) is 4.10. The van der Waals surface area contributed by atoms with Crippen LogP contribution in [0, 0.1) is 21.0 Å². The lowest BCUT2D eigenvalue weighted by molar-refractivity contribution is -0.152. The molecule has 2 fully saturated rings. The van der Waals surface area contributed by atoms with Gasteiger partial charge in [0, 0.05) is 50.2 Å². The van der Waals surface area contributed by atoms with Crippen LogP contribution in [0.4, 0.5) is 9.59 Å². The highest BCUT2D eigenvalue weighted by atomic mass is 127. The Hall–Kier alpha value is -4.08. The zero-order valence-corrected chi connectivity index (χ0v) is 48.1. The third-order valence-electron chi connectivity index (χ3n) is 13.5. The maximum Gasteiger partial charge on any atom is 0.417 e. The van der Waals surface area contributed by atoms with E-state index in [9.17, 15) is 19.2 Å². The van der Waals surface area contributed by atoms with Gasteiger partial charge in [0.15, 0.2) is 12.2 Å². The molecule has 380 valence electrons. The molecule has 0 N–H and O–H groups in total. The van der Waals surface area contributed by atoms with E-state index in [0.29, 0.717) is 12.8 Å². The first-order valence-electron chi connectivity index (χ1n) is 24.9. The van der Waals surface area contributed by atoms with Crippen LogP contribution in [0.2, 0.25) is 0 Å². The number of hydrogen-bond acceptors (Lipinski definition) is 12. The smallest absolute Gasteiger partial charge is 0.417 e. The van der Waals surface area contributed by atoms with Gasteiger partial charge < -0.3 is 18.9 Å². The second kappa shape index (κ2) is 21.6. The van der Waals surface area contributed by atoms with Crippen LogP contribution < -0.4 is 0 Å². The van der Waals surface area contributed by atoms with E-state index in [1.165, 1.54) is 56.4 Å². The number of carbonyl (C=O) groups is 4. The molecular weight excluding hydrogens is 1170 g/mol. The van der Waals surface area contributed by atoms with Gasteiger partial charge in [0.1, 0.15) is 22.9 Å². The number of halogens is 2. The van der Waals surface area contributed by atoms with Crippen molar-refractivity contribution >= 4 is 112 Å². The minimum atomic E-state index is -0.961. The molecule has 4 atom stereocenters. The zero-order chi connectivity index (χ0) is 51.2. The van der Waals surface area contributed by atoms with Gasteiger partial charge in [-0.15, -0.1) is 22.7 Å². The van der Waals surface area contributed by atoms with Crippen LogP contribution in [-0.4, -0.2) is 80.3 Å². The molecule has 2 aliphatic heterocycles. The molecule has 0 radical (unpaired) electrons. The summed E-state index contributed by atoms with van der Waals surface area (Å²) in [5.41, 5.74) is 6.64. The Kier molecular flexibility index (Phi) is 15.9. The van der Waals surface area contributed by atoms with Crippen molar-refractivity contribution in [1.29, 1.82) is 0 Å². The topological polar surface area (TPSA) is 137 Å². The Labute approximate surface area is 457 Å². The number of carbonyl (C=O) groups excluding carboxylic acids is 4. The minimum Gasteiger partial charge on any atom is -0.447 e. The van der Waals surface area contributed by atoms with Gasteiger partial charge in [-0.05, 0) is 187 Å². The Morgan fingerprint density at radius 3 is 1.35 bits per heavy atom. The van der Waals surface area contributed by atoms with Crippen LogP contribution in [0.5, 0.6) is 0 Å². The van der Waals surface area contributed by atoms with E-state index in [2.05, 4.69) is 45.2 Å². The van der Waals surface area contributed by atoms with Gasteiger partial charge in [0.2, 0.25) is 0 Å². The molecule has 2 aliphatic carbocycles. The van der Waals surface area contributed by atoms with Crippen molar-refractivity contribution in [1.82, 2.24) is 19.8 Å². The lowest BCUT2D eigenvalue weighted by Crippen LogP contribution is -2.45. The Morgan fingerprint density at radius 2 is 0.986 bits per heavy atom. The first kappa shape index (κ1) is 52.8. The molecule has 6 aromatic rings. The number of pyridine rings is 2. The largest absolute Gasteiger partial charge is 0.447 e. The quantitative estimate of drug-likeness (QED) is 0.122. The molecule has 0 saturated carbocycles. The predicted octanol–water partition coefficient (Wildman–Crippen LogP) is 13.1. The monoisotopic (exact) mass is 1240 g/mol. The molecule has 4 aliphatic rings. The average molecular weight is 1240 g/mol. The van der Waals surface area contributed by atoms with E-state index in [-0.39, 0.29) is 37.1 Å². The van der Waals surface area contributed by atoms with Crippen LogP contribution in [0.15, 0.2) is 60.7 Å². The lowest BCUT2D eigenvalue weighted by atomic mass is 9.95. The van der Waals surface area contributed by atoms with Crippen molar-refractivity contribution in [3.05, 3.63) is 122 Å². The summed E-state index contributed by atoms with van der Waals surface area (Å²) in [5.74, 6) is -0.778. The summed E-state index contributed by atoms with van der Waals surface area (Å²) in [6, 6.07) is 19.0. The number of ether oxygens (including phenoxy) is 4. The van der Waals surface area contributed by atoms with Gasteiger partial charge in [0.05, 0.1) is 23.3 Å². The Morgan fingerprint density at radius 1 is 0.625 bits per heavy atom. The molecular formula is C56H62I2N4O8S2. The number of imide groups is 2. The molecule has 0 unspecified atom stereocenters. The summed E-state index contributed by atoms with van der Waals surface area (Å²) < 4.78 is 25.6. The summed E-state index contributed by atoms with van der Waals surface area (Å²) in [5, 5.41) is 2.30. The lowest BCUT2D eigenvalue weighted by Gasteiger charge is -2.31. The van der Waals surface area contributed by atoms with Crippen LogP contribution in [0.25, 0.3) is 20.4 Å². The van der Waals surface area contributed by atoms with Crippen molar-refractivity contribution < 1.29 is 38.1 Å². The SMILES string of the molecule is Cc1nc2sc3c(c2c(I)c1[C@@H](OC(C)(C)C)C(=O)N1C(=O)OC[C@H]1Cc1ccccc1)CCCC3.Cc1nc2sc3c(c2c(I)c1[C@H](OC(C)(C)C)C(=O)N1C(=O)OC[C@H]1Cc1ccccc1)CCCC3. The van der Waals surface area contributed by atoms with Crippen LogP contribution in [-0.2, 0) is 67.1 Å². The highest BCUT2D eigenvalue weighted by molar-refractivity contribution is 14.1. The molecule has 72 heavy (non-hydrogen) atoms. The molecule has 0 spiro atoms. The summed E-state index contributed by atoms with van der Waals surface area (Å²) in [7, 11) is 0. The van der Waals surface area contributed by atoms with Crippen molar-refractivity contribution in [3.63, 3.8) is 0 Å². The molecule has 2 saturated heterocycles. The number of thiophene rings is 2. The fourth-order valence-electron chi connectivity index (χ4n) is 10.3. The van der Waals surface area contributed by atoms with Gasteiger partial charge in [-0.2, -0.15) is 0 Å². The molecule has 4 aromatic heterocycles. The number of aryl methyl sites for hydroxylation is 6. The fourth-order valence-corrected chi connectivity index (χ4v) is 15.8. The normalized spacial score (nSPS) is 18.9. The summed E-state index contributed by atoms with van der Waals surface area (Å²) in [6.45, 7) is 15.8. The molecule has 16 heteroatoms. The maximum absolute atomic E-state index is 14.2. The molecule has 2 aromatic carbocycles. The maximum atomic E-state index is 14.2. The van der Waals surface area contributed by atoms with Gasteiger partial charge in [-0.3, -0.25) is 9.59 Å². The molecule has 12 nitrogen and oxygen atoms in total. The van der Waals surface area contributed by atoms with Crippen molar-refractivity contribution in [2.45, 2.75) is 155 Å². The number of hydrogen-bond donors (Lipinski definition) is 0. The molecule has 10 rings (SSSR count). The highest BCUT2D eigenvalue weighted by Gasteiger charge is 2.46. The van der Waals surface area contributed by atoms with Crippen molar-refractivity contribution in [2.75, 3.05) is 13.2 Å². The van der Waals surface area contributed by atoms with Gasteiger partial charge in [-0.25, -0.2) is 29.4 Å². The predicted molar refractivity (Wildman–Crippen MR) is 299 cm³/mol. The third-order valence-corrected chi connectivity index (χ3v) is 18.1. The summed E-state index contributed by atoms with van der Waals surface area (Å²) in [6.07, 6.45) is 6.90. The molecule has 4 amide bonds. The number of fused-ring (bicyclic) bond motifs is 6. The van der Waals surface area contributed by atoms with Crippen LogP contribution in [0.1, 0.15) is 134 Å². The van der Waals surface area contributed by atoms with Crippen molar-refractivity contribution in [3.8, 4) is 0 Å². The van der Waals surface area contributed by atoms with Crippen LogP contribution in [0.3, 0.4) is 0 Å². The van der Waals surface area contributed by atoms with Crippen molar-refractivity contribution in [2.24, 2.45) is 0 Å². The Balaban J connectivity index is 0.000000178.